The van der Waals surface area contributed by atoms with Crippen LogP contribution in [-0.2, 0) is 0 Å². The lowest BCUT2D eigenvalue weighted by molar-refractivity contribution is 0.102. The van der Waals surface area contributed by atoms with E-state index >= 15 is 0 Å². The molecule has 0 atom stereocenters. The number of aromatic nitrogens is 5. The summed E-state index contributed by atoms with van der Waals surface area (Å²) in [5.41, 5.74) is 2.03. The average molecular weight is 298 g/mol. The van der Waals surface area contributed by atoms with Crippen LogP contribution in [0, 0.1) is 13.8 Å². The Hall–Kier alpha value is -2.77. The molecule has 8 heteroatoms. The number of hydrogen-bond donors (Lipinski definition) is 1. The predicted molar refractivity (Wildman–Crippen MR) is 76.7 cm³/mol. The zero-order chi connectivity index (χ0) is 15.3. The van der Waals surface area contributed by atoms with Gasteiger partial charge in [0.25, 0.3) is 17.6 Å². The molecule has 1 saturated carbocycles. The van der Waals surface area contributed by atoms with Crippen LogP contribution in [0.3, 0.4) is 0 Å². The standard InChI is InChI=1S/C14H14N6O2/c1-7-11(8(2)22-19-7)12(21)16-13-17-14-15-6-5-10(9-3-4-9)20(14)18-13/h5-6,9H,3-4H2,1-2H3,(H,16,18,21). The van der Waals surface area contributed by atoms with Gasteiger partial charge in [0.2, 0.25) is 0 Å². The van der Waals surface area contributed by atoms with Crippen molar-refractivity contribution >= 4 is 17.6 Å². The van der Waals surface area contributed by atoms with Crippen LogP contribution >= 0.6 is 0 Å². The van der Waals surface area contributed by atoms with E-state index in [1.165, 1.54) is 0 Å². The van der Waals surface area contributed by atoms with Gasteiger partial charge in [0.1, 0.15) is 11.3 Å². The zero-order valence-electron chi connectivity index (χ0n) is 12.2. The molecule has 1 aliphatic carbocycles. The van der Waals surface area contributed by atoms with Gasteiger partial charge in [0, 0.05) is 12.1 Å². The summed E-state index contributed by atoms with van der Waals surface area (Å²) in [4.78, 5) is 20.7. The highest BCUT2D eigenvalue weighted by Gasteiger charge is 2.27. The van der Waals surface area contributed by atoms with Crippen LogP contribution in [0.5, 0.6) is 0 Å². The molecule has 0 aromatic carbocycles. The molecule has 0 radical (unpaired) electrons. The second-order valence-electron chi connectivity index (χ2n) is 5.44. The third-order valence-corrected chi connectivity index (χ3v) is 3.75. The Labute approximate surface area is 125 Å². The van der Waals surface area contributed by atoms with Crippen LogP contribution in [0.1, 0.15) is 46.3 Å². The molecule has 3 aromatic rings. The topological polar surface area (TPSA) is 98.2 Å². The maximum atomic E-state index is 12.3. The van der Waals surface area contributed by atoms with Crippen LogP contribution in [-0.4, -0.2) is 30.6 Å². The molecule has 3 heterocycles. The highest BCUT2D eigenvalue weighted by atomic mass is 16.5. The molecule has 22 heavy (non-hydrogen) atoms. The number of aryl methyl sites for hydroxylation is 2. The van der Waals surface area contributed by atoms with Crippen molar-refractivity contribution in [3.05, 3.63) is 35.0 Å². The molecule has 112 valence electrons. The summed E-state index contributed by atoms with van der Waals surface area (Å²) in [6, 6.07) is 1.94. The molecular formula is C14H14N6O2. The summed E-state index contributed by atoms with van der Waals surface area (Å²) in [5.74, 6) is 1.36. The Balaban J connectivity index is 1.67. The minimum Gasteiger partial charge on any atom is -0.361 e. The van der Waals surface area contributed by atoms with E-state index in [1.807, 2.05) is 6.07 Å². The fourth-order valence-corrected chi connectivity index (χ4v) is 2.52. The number of fused-ring (bicyclic) bond motifs is 1. The minimum absolute atomic E-state index is 0.227. The van der Waals surface area contributed by atoms with Crippen LogP contribution in [0.4, 0.5) is 5.95 Å². The molecule has 1 amide bonds. The first-order chi connectivity index (χ1) is 10.6. The lowest BCUT2D eigenvalue weighted by atomic mass is 10.2. The first-order valence-corrected chi connectivity index (χ1v) is 7.09. The van der Waals surface area contributed by atoms with Crippen molar-refractivity contribution in [3.63, 3.8) is 0 Å². The van der Waals surface area contributed by atoms with Gasteiger partial charge in [0.05, 0.1) is 11.4 Å². The van der Waals surface area contributed by atoms with E-state index in [0.717, 1.165) is 18.5 Å². The van der Waals surface area contributed by atoms with Gasteiger partial charge in [-0.3, -0.25) is 10.1 Å². The number of nitrogens with one attached hydrogen (secondary N) is 1. The summed E-state index contributed by atoms with van der Waals surface area (Å²) < 4.78 is 6.70. The van der Waals surface area contributed by atoms with Gasteiger partial charge in [-0.1, -0.05) is 5.16 Å². The molecule has 0 saturated heterocycles. The molecule has 0 unspecified atom stereocenters. The monoisotopic (exact) mass is 298 g/mol. The Morgan fingerprint density at radius 3 is 2.91 bits per heavy atom. The Morgan fingerprint density at radius 1 is 1.41 bits per heavy atom. The van der Waals surface area contributed by atoms with E-state index in [2.05, 4.69) is 25.5 Å². The quantitative estimate of drug-likeness (QED) is 0.792. The summed E-state index contributed by atoms with van der Waals surface area (Å²) in [7, 11) is 0. The largest absolute Gasteiger partial charge is 0.361 e. The summed E-state index contributed by atoms with van der Waals surface area (Å²) in [6.45, 7) is 3.41. The number of anilines is 1. The maximum absolute atomic E-state index is 12.3. The zero-order valence-corrected chi connectivity index (χ0v) is 12.2. The van der Waals surface area contributed by atoms with E-state index in [-0.39, 0.29) is 11.9 Å². The summed E-state index contributed by atoms with van der Waals surface area (Å²) in [5, 5.41) is 10.8. The Morgan fingerprint density at radius 2 is 2.23 bits per heavy atom. The van der Waals surface area contributed by atoms with Crippen molar-refractivity contribution in [2.24, 2.45) is 0 Å². The van der Waals surface area contributed by atoms with E-state index in [9.17, 15) is 4.79 Å². The predicted octanol–water partition coefficient (Wildman–Crippen LogP) is 1.86. The first-order valence-electron chi connectivity index (χ1n) is 7.09. The van der Waals surface area contributed by atoms with Crippen molar-refractivity contribution < 1.29 is 9.32 Å². The Kier molecular flexibility index (Phi) is 2.72. The van der Waals surface area contributed by atoms with Gasteiger partial charge in [0.15, 0.2) is 0 Å². The van der Waals surface area contributed by atoms with E-state index in [1.54, 1.807) is 24.6 Å². The van der Waals surface area contributed by atoms with E-state index in [4.69, 9.17) is 4.52 Å². The van der Waals surface area contributed by atoms with Gasteiger partial charge in [-0.15, -0.1) is 5.10 Å². The normalized spacial score (nSPS) is 14.5. The van der Waals surface area contributed by atoms with Crippen LogP contribution in [0.2, 0.25) is 0 Å². The van der Waals surface area contributed by atoms with E-state index < -0.39 is 0 Å². The van der Waals surface area contributed by atoms with Gasteiger partial charge in [-0.05, 0) is 32.8 Å². The SMILES string of the molecule is Cc1noc(C)c1C(=O)Nc1nc2nccc(C3CC3)n2n1. The molecule has 1 aliphatic rings. The molecule has 4 rings (SSSR count). The number of nitrogens with zero attached hydrogens (tertiary/aromatic N) is 5. The maximum Gasteiger partial charge on any atom is 0.263 e. The molecule has 0 aliphatic heterocycles. The first kappa shape index (κ1) is 12.9. The summed E-state index contributed by atoms with van der Waals surface area (Å²) >= 11 is 0. The second-order valence-corrected chi connectivity index (χ2v) is 5.44. The third-order valence-electron chi connectivity index (χ3n) is 3.75. The number of carbonyl (C=O) groups is 1. The van der Waals surface area contributed by atoms with Crippen LogP contribution in [0.25, 0.3) is 5.78 Å². The number of hydrogen-bond acceptors (Lipinski definition) is 6. The Bertz CT molecular complexity index is 857. The smallest absolute Gasteiger partial charge is 0.263 e. The molecule has 1 fully saturated rings. The van der Waals surface area contributed by atoms with Crippen LogP contribution in [0.15, 0.2) is 16.8 Å². The molecule has 0 spiro atoms. The van der Waals surface area contributed by atoms with Crippen molar-refractivity contribution in [1.82, 2.24) is 24.7 Å². The molecule has 8 nitrogen and oxygen atoms in total. The number of amides is 1. The number of rotatable bonds is 3. The molecule has 1 N–H and O–H groups in total. The highest BCUT2D eigenvalue weighted by Crippen LogP contribution is 2.39. The van der Waals surface area contributed by atoms with Crippen LogP contribution < -0.4 is 5.32 Å². The third kappa shape index (κ3) is 2.03. The van der Waals surface area contributed by atoms with Crippen molar-refractivity contribution in [3.8, 4) is 0 Å². The van der Waals surface area contributed by atoms with Gasteiger partial charge in [-0.2, -0.15) is 9.50 Å². The van der Waals surface area contributed by atoms with Gasteiger partial charge < -0.3 is 4.52 Å². The summed E-state index contributed by atoms with van der Waals surface area (Å²) in [6.07, 6.45) is 4.02. The fourth-order valence-electron chi connectivity index (χ4n) is 2.52. The number of carbonyl (C=O) groups excluding carboxylic acids is 1. The van der Waals surface area contributed by atoms with Crippen molar-refractivity contribution in [2.75, 3.05) is 5.32 Å². The van der Waals surface area contributed by atoms with Gasteiger partial charge >= 0.3 is 0 Å². The molecule has 0 bridgehead atoms. The van der Waals surface area contributed by atoms with Gasteiger partial charge in [-0.25, -0.2) is 4.98 Å². The fraction of sp³-hybridized carbons (Fsp3) is 0.357. The van der Waals surface area contributed by atoms with Crippen molar-refractivity contribution in [2.45, 2.75) is 32.6 Å². The molecular weight excluding hydrogens is 284 g/mol. The van der Waals surface area contributed by atoms with Crippen molar-refractivity contribution in [1.29, 1.82) is 0 Å². The second kappa shape index (κ2) is 4.62. The average Bonchev–Trinajstić information content (AvgIpc) is 3.16. The minimum atomic E-state index is -0.333. The molecule has 3 aromatic heterocycles. The lowest BCUT2D eigenvalue weighted by Gasteiger charge is -2.00. The van der Waals surface area contributed by atoms with E-state index in [0.29, 0.717) is 28.7 Å². The highest BCUT2D eigenvalue weighted by molar-refractivity contribution is 6.04. The lowest BCUT2D eigenvalue weighted by Crippen LogP contribution is -2.14.